The van der Waals surface area contributed by atoms with Gasteiger partial charge in [0.25, 0.3) is 0 Å². The van der Waals surface area contributed by atoms with Crippen LogP contribution in [0.25, 0.3) is 11.0 Å². The molecule has 1 aliphatic heterocycles. The molecule has 5 nitrogen and oxygen atoms in total. The highest BCUT2D eigenvalue weighted by Gasteiger charge is 2.64. The Morgan fingerprint density at radius 1 is 1.21 bits per heavy atom. The minimum absolute atomic E-state index is 0.190. The van der Waals surface area contributed by atoms with Gasteiger partial charge in [0, 0.05) is 0 Å². The van der Waals surface area contributed by atoms with Crippen molar-refractivity contribution in [2.45, 2.75) is 18.3 Å². The Hall–Kier alpha value is -2.06. The lowest BCUT2D eigenvalue weighted by Crippen LogP contribution is -2.53. The Kier molecular flexibility index (Phi) is 1.87. The van der Waals surface area contributed by atoms with E-state index in [1.807, 2.05) is 18.2 Å². The molecule has 19 heavy (non-hydrogen) atoms. The summed E-state index contributed by atoms with van der Waals surface area (Å²) in [6.07, 6.45) is 1.88. The summed E-state index contributed by atoms with van der Waals surface area (Å²) < 4.78 is 5.41. The first-order chi connectivity index (χ1) is 9.19. The fourth-order valence-electron chi connectivity index (χ4n) is 3.18. The molecule has 5 heteroatoms. The summed E-state index contributed by atoms with van der Waals surface area (Å²) in [6, 6.07) is 8.37. The van der Waals surface area contributed by atoms with Gasteiger partial charge in [-0.15, -0.1) is 0 Å². The van der Waals surface area contributed by atoms with E-state index in [1.54, 1.807) is 0 Å². The van der Waals surface area contributed by atoms with Gasteiger partial charge in [-0.1, -0.05) is 6.07 Å². The van der Waals surface area contributed by atoms with Crippen molar-refractivity contribution in [3.63, 3.8) is 0 Å². The molecule has 0 bridgehead atoms. The van der Waals surface area contributed by atoms with Gasteiger partial charge in [-0.2, -0.15) is 5.26 Å². The third-order valence-corrected chi connectivity index (χ3v) is 4.65. The number of nitrogens with one attached hydrogen (secondary N) is 2. The molecule has 2 aromatic rings. The second kappa shape index (κ2) is 3.28. The summed E-state index contributed by atoms with van der Waals surface area (Å²) in [5, 5.41) is 9.47. The van der Waals surface area contributed by atoms with E-state index in [0.717, 1.165) is 29.4 Å². The third-order valence-electron chi connectivity index (χ3n) is 4.65. The second-order valence-electron chi connectivity index (χ2n) is 5.61. The molecule has 0 radical (unpaired) electrons. The number of H-pyrrole nitrogens is 2. The minimum Gasteiger partial charge on any atom is -0.379 e. The Morgan fingerprint density at radius 2 is 1.95 bits per heavy atom. The maximum absolute atomic E-state index is 11.3. The van der Waals surface area contributed by atoms with E-state index in [1.165, 1.54) is 0 Å². The zero-order chi connectivity index (χ0) is 13.1. The van der Waals surface area contributed by atoms with Crippen molar-refractivity contribution in [3.05, 3.63) is 34.2 Å². The molecule has 2 N–H and O–H groups in total. The summed E-state index contributed by atoms with van der Waals surface area (Å²) in [4.78, 5) is 16.8. The fourth-order valence-corrected chi connectivity index (χ4v) is 3.18. The minimum atomic E-state index is -0.268. The van der Waals surface area contributed by atoms with Gasteiger partial charge >= 0.3 is 5.69 Å². The lowest BCUT2D eigenvalue weighted by Gasteiger charge is -2.45. The summed E-state index contributed by atoms with van der Waals surface area (Å²) in [6.45, 7) is 1.20. The van der Waals surface area contributed by atoms with Crippen molar-refractivity contribution in [3.8, 4) is 6.07 Å². The molecule has 1 aliphatic carbocycles. The van der Waals surface area contributed by atoms with Crippen LogP contribution in [0.15, 0.2) is 23.0 Å². The number of imidazole rings is 1. The summed E-state index contributed by atoms with van der Waals surface area (Å²) in [5.41, 5.74) is 2.03. The van der Waals surface area contributed by atoms with Gasteiger partial charge in [-0.05, 0) is 30.5 Å². The van der Waals surface area contributed by atoms with Gasteiger partial charge in [-0.3, -0.25) is 0 Å². The Labute approximate surface area is 109 Å². The average molecular weight is 255 g/mol. The number of hydrogen-bond donors (Lipinski definition) is 2. The predicted octanol–water partition coefficient (Wildman–Crippen LogP) is 1.43. The Balaban J connectivity index is 1.89. The Morgan fingerprint density at radius 3 is 2.53 bits per heavy atom. The van der Waals surface area contributed by atoms with Crippen LogP contribution in [0.5, 0.6) is 0 Å². The van der Waals surface area contributed by atoms with Crippen molar-refractivity contribution in [2.75, 3.05) is 13.2 Å². The molecule has 1 saturated heterocycles. The van der Waals surface area contributed by atoms with Crippen LogP contribution < -0.4 is 5.69 Å². The van der Waals surface area contributed by atoms with Crippen LogP contribution in [0, 0.1) is 16.7 Å². The van der Waals surface area contributed by atoms with Gasteiger partial charge in [0.2, 0.25) is 0 Å². The number of aromatic nitrogens is 2. The van der Waals surface area contributed by atoms with Crippen molar-refractivity contribution in [1.82, 2.24) is 9.97 Å². The molecule has 1 saturated carbocycles. The van der Waals surface area contributed by atoms with Crippen molar-refractivity contribution in [1.29, 1.82) is 5.26 Å². The van der Waals surface area contributed by atoms with E-state index in [2.05, 4.69) is 16.0 Å². The summed E-state index contributed by atoms with van der Waals surface area (Å²) >= 11 is 0. The maximum Gasteiger partial charge on any atom is 0.323 e. The van der Waals surface area contributed by atoms with Crippen LogP contribution in [0.3, 0.4) is 0 Å². The van der Waals surface area contributed by atoms with E-state index in [0.29, 0.717) is 13.2 Å². The molecule has 2 aliphatic rings. The standard InChI is InChI=1S/C14H13N3O2/c15-6-13(3-4-13)14(7-19-8-14)9-1-2-10-11(5-9)17-12(18)16-10/h1-2,5H,3-4,7-8H2,(H2,16,17,18). The van der Waals surface area contributed by atoms with Gasteiger partial charge in [-0.25, -0.2) is 4.79 Å². The molecule has 0 unspecified atom stereocenters. The molecule has 0 amide bonds. The molecular weight excluding hydrogens is 242 g/mol. The lowest BCUT2D eigenvalue weighted by molar-refractivity contribution is -0.0866. The molecule has 1 aromatic carbocycles. The zero-order valence-electron chi connectivity index (χ0n) is 10.3. The third kappa shape index (κ3) is 1.24. The highest BCUT2D eigenvalue weighted by molar-refractivity contribution is 5.75. The topological polar surface area (TPSA) is 81.7 Å². The number of nitriles is 1. The van der Waals surface area contributed by atoms with Crippen molar-refractivity contribution < 1.29 is 4.74 Å². The number of aromatic amines is 2. The monoisotopic (exact) mass is 255 g/mol. The normalized spacial score (nSPS) is 22.7. The number of hydrogen-bond acceptors (Lipinski definition) is 3. The van der Waals surface area contributed by atoms with E-state index < -0.39 is 0 Å². The SMILES string of the molecule is N#CC1(C2(c3ccc4[nH]c(=O)[nH]c4c3)COC2)CC1. The number of benzene rings is 1. The molecular formula is C14H13N3O2. The van der Waals surface area contributed by atoms with Crippen LogP contribution in [-0.2, 0) is 10.2 Å². The van der Waals surface area contributed by atoms with Crippen LogP contribution in [0.2, 0.25) is 0 Å². The highest BCUT2D eigenvalue weighted by atomic mass is 16.5. The molecule has 2 fully saturated rings. The quantitative estimate of drug-likeness (QED) is 0.851. The zero-order valence-corrected chi connectivity index (χ0v) is 10.3. The van der Waals surface area contributed by atoms with Gasteiger partial charge in [0.1, 0.15) is 0 Å². The highest BCUT2D eigenvalue weighted by Crippen LogP contribution is 2.62. The van der Waals surface area contributed by atoms with Crippen LogP contribution in [0.1, 0.15) is 18.4 Å². The van der Waals surface area contributed by atoms with Crippen LogP contribution in [-0.4, -0.2) is 23.2 Å². The lowest BCUT2D eigenvalue weighted by atomic mass is 9.66. The van der Waals surface area contributed by atoms with Crippen molar-refractivity contribution in [2.24, 2.45) is 5.41 Å². The first-order valence-corrected chi connectivity index (χ1v) is 6.41. The van der Waals surface area contributed by atoms with Gasteiger partial charge in [0.15, 0.2) is 0 Å². The molecule has 4 rings (SSSR count). The summed E-state index contributed by atoms with van der Waals surface area (Å²) in [7, 11) is 0. The van der Waals surface area contributed by atoms with Gasteiger partial charge in [0.05, 0.1) is 41.1 Å². The number of rotatable bonds is 2. The maximum atomic E-state index is 11.3. The second-order valence-corrected chi connectivity index (χ2v) is 5.61. The summed E-state index contributed by atoms with van der Waals surface area (Å²) in [5.74, 6) is 0. The van der Waals surface area contributed by atoms with Crippen LogP contribution >= 0.6 is 0 Å². The first-order valence-electron chi connectivity index (χ1n) is 6.41. The van der Waals surface area contributed by atoms with E-state index in [4.69, 9.17) is 4.74 Å². The van der Waals surface area contributed by atoms with Crippen LogP contribution in [0.4, 0.5) is 0 Å². The molecule has 2 heterocycles. The average Bonchev–Trinajstić information content (AvgIpc) is 3.04. The molecule has 96 valence electrons. The molecule has 0 atom stereocenters. The van der Waals surface area contributed by atoms with Gasteiger partial charge < -0.3 is 14.7 Å². The fraction of sp³-hybridized carbons (Fsp3) is 0.429. The number of nitrogens with zero attached hydrogens (tertiary/aromatic N) is 1. The predicted molar refractivity (Wildman–Crippen MR) is 68.7 cm³/mol. The number of fused-ring (bicyclic) bond motifs is 1. The first kappa shape index (κ1) is 10.8. The molecule has 1 aromatic heterocycles. The smallest absolute Gasteiger partial charge is 0.323 e. The van der Waals surface area contributed by atoms with E-state index in [-0.39, 0.29) is 16.5 Å². The largest absolute Gasteiger partial charge is 0.379 e. The van der Waals surface area contributed by atoms with Crippen molar-refractivity contribution >= 4 is 11.0 Å². The Bertz CT molecular complexity index is 757. The van der Waals surface area contributed by atoms with E-state index in [9.17, 15) is 10.1 Å². The van der Waals surface area contributed by atoms with E-state index >= 15 is 0 Å². The molecule has 0 spiro atoms. The number of ether oxygens (including phenoxy) is 1.